The van der Waals surface area contributed by atoms with Gasteiger partial charge in [-0.2, -0.15) is 0 Å². The van der Waals surface area contributed by atoms with Crippen LogP contribution in [-0.2, 0) is 0 Å². The van der Waals surface area contributed by atoms with Gasteiger partial charge >= 0.3 is 6.03 Å². The fourth-order valence-electron chi connectivity index (χ4n) is 0.461. The Bertz CT molecular complexity index is 186. The highest BCUT2D eigenvalue weighted by atomic mass is 16.2. The van der Waals surface area contributed by atoms with E-state index in [9.17, 15) is 4.79 Å². The minimum atomic E-state index is -0.667. The number of primary amides is 1. The Labute approximate surface area is 57.3 Å². The first-order valence-electron chi connectivity index (χ1n) is 2.60. The van der Waals surface area contributed by atoms with Crippen molar-refractivity contribution >= 4 is 12.2 Å². The van der Waals surface area contributed by atoms with Crippen molar-refractivity contribution in [2.24, 2.45) is 10.8 Å². The molecule has 54 valence electrons. The number of carbonyl (C=O) groups excluding carboxylic acids is 1. The van der Waals surface area contributed by atoms with Gasteiger partial charge in [0, 0.05) is 6.20 Å². The molecule has 2 amide bonds. The van der Waals surface area contributed by atoms with Crippen molar-refractivity contribution in [3.63, 3.8) is 0 Å². The molecule has 1 heterocycles. The number of hydrogen-bond donors (Lipinski definition) is 3. The predicted octanol–water partition coefficient (Wildman–Crippen LogP) is -1.11. The zero-order valence-corrected chi connectivity index (χ0v) is 5.11. The molecular weight excluding hydrogens is 134 g/mol. The third-order valence-electron chi connectivity index (χ3n) is 0.777. The summed E-state index contributed by atoms with van der Waals surface area (Å²) < 4.78 is 0. The third kappa shape index (κ3) is 1.66. The van der Waals surface area contributed by atoms with Crippen LogP contribution in [0.4, 0.5) is 4.79 Å². The van der Waals surface area contributed by atoms with Gasteiger partial charge in [0.05, 0.1) is 6.21 Å². The van der Waals surface area contributed by atoms with E-state index in [1.165, 1.54) is 6.21 Å². The SMILES string of the molecule is NC(=O)NN1N=CC=CN1. The zero-order valence-electron chi connectivity index (χ0n) is 5.11. The monoisotopic (exact) mass is 141 g/mol. The van der Waals surface area contributed by atoms with Crippen LogP contribution in [0.5, 0.6) is 0 Å². The van der Waals surface area contributed by atoms with Crippen molar-refractivity contribution in [1.29, 1.82) is 0 Å². The van der Waals surface area contributed by atoms with Crippen LogP contribution >= 0.6 is 0 Å². The molecule has 0 aromatic rings. The number of rotatable bonds is 1. The molecule has 4 N–H and O–H groups in total. The number of allylic oxidation sites excluding steroid dienone is 1. The summed E-state index contributed by atoms with van der Waals surface area (Å²) in [5.74, 6) is 0. The van der Waals surface area contributed by atoms with Crippen LogP contribution in [0.1, 0.15) is 0 Å². The first-order chi connectivity index (χ1) is 4.79. The zero-order chi connectivity index (χ0) is 7.40. The van der Waals surface area contributed by atoms with Crippen molar-refractivity contribution in [2.75, 3.05) is 0 Å². The Morgan fingerprint density at radius 2 is 2.60 bits per heavy atom. The summed E-state index contributed by atoms with van der Waals surface area (Å²) in [4.78, 5) is 10.2. The molecular formula is C4H7N5O. The van der Waals surface area contributed by atoms with Gasteiger partial charge in [0.25, 0.3) is 0 Å². The van der Waals surface area contributed by atoms with E-state index in [0.717, 1.165) is 5.23 Å². The first-order valence-corrected chi connectivity index (χ1v) is 2.60. The van der Waals surface area contributed by atoms with Gasteiger partial charge in [0.2, 0.25) is 0 Å². The number of urea groups is 1. The summed E-state index contributed by atoms with van der Waals surface area (Å²) in [5.41, 5.74) is 9.58. The molecule has 0 fully saturated rings. The molecule has 0 saturated heterocycles. The van der Waals surface area contributed by atoms with Crippen LogP contribution < -0.4 is 16.6 Å². The molecule has 0 aromatic heterocycles. The number of nitrogens with zero attached hydrogens (tertiary/aromatic N) is 2. The van der Waals surface area contributed by atoms with Gasteiger partial charge in [0.15, 0.2) is 0 Å². The van der Waals surface area contributed by atoms with E-state index in [0.29, 0.717) is 0 Å². The Kier molecular flexibility index (Phi) is 1.74. The molecule has 0 saturated carbocycles. The highest BCUT2D eigenvalue weighted by molar-refractivity contribution is 5.73. The largest absolute Gasteiger partial charge is 0.350 e. The molecule has 6 nitrogen and oxygen atoms in total. The standard InChI is InChI=1S/C4H7N5O/c5-4(10)8-9-6-2-1-3-7-9/h1-3,6H,(H3,5,8,10). The molecule has 1 aliphatic rings. The quantitative estimate of drug-likeness (QED) is 0.433. The molecule has 1 aliphatic heterocycles. The number of amides is 2. The van der Waals surface area contributed by atoms with Crippen LogP contribution in [0.25, 0.3) is 0 Å². The van der Waals surface area contributed by atoms with E-state index < -0.39 is 6.03 Å². The summed E-state index contributed by atoms with van der Waals surface area (Å²) in [5, 5.41) is 4.77. The fourth-order valence-corrected chi connectivity index (χ4v) is 0.461. The Morgan fingerprint density at radius 3 is 3.10 bits per heavy atom. The second-order valence-electron chi connectivity index (χ2n) is 1.54. The van der Waals surface area contributed by atoms with Gasteiger partial charge in [-0.1, -0.05) is 0 Å². The lowest BCUT2D eigenvalue weighted by molar-refractivity contribution is 0.154. The van der Waals surface area contributed by atoms with Crippen LogP contribution in [0, 0.1) is 0 Å². The molecule has 0 aromatic carbocycles. The molecule has 0 aliphatic carbocycles. The van der Waals surface area contributed by atoms with Gasteiger partial charge in [-0.25, -0.2) is 10.2 Å². The van der Waals surface area contributed by atoms with Crippen LogP contribution in [-0.4, -0.2) is 17.5 Å². The summed E-state index contributed by atoms with van der Waals surface area (Å²) >= 11 is 0. The first kappa shape index (κ1) is 6.40. The van der Waals surface area contributed by atoms with Gasteiger partial charge in [0.1, 0.15) is 0 Å². The Hall–Kier alpha value is -1.72. The minimum absolute atomic E-state index is 0.667. The van der Waals surface area contributed by atoms with E-state index in [4.69, 9.17) is 5.73 Å². The van der Waals surface area contributed by atoms with Crippen molar-refractivity contribution < 1.29 is 4.79 Å². The topological polar surface area (TPSA) is 82.8 Å². The number of nitrogens with two attached hydrogens (primary N) is 1. The van der Waals surface area contributed by atoms with Gasteiger partial charge in [-0.15, -0.1) is 10.3 Å². The number of carbonyl (C=O) groups is 1. The number of hydrogen-bond acceptors (Lipinski definition) is 4. The summed E-state index contributed by atoms with van der Waals surface area (Å²) in [6.45, 7) is 0. The van der Waals surface area contributed by atoms with Gasteiger partial charge in [-0.3, -0.25) is 5.43 Å². The van der Waals surface area contributed by atoms with Crippen LogP contribution in [0.15, 0.2) is 17.4 Å². The molecule has 1 rings (SSSR count). The molecule has 0 bridgehead atoms. The van der Waals surface area contributed by atoms with E-state index in [2.05, 4.69) is 16.0 Å². The smallest absolute Gasteiger partial charge is 0.333 e. The number of nitrogens with one attached hydrogen (secondary N) is 2. The van der Waals surface area contributed by atoms with Crippen LogP contribution in [0.3, 0.4) is 0 Å². The maximum Gasteiger partial charge on any atom is 0.333 e. The van der Waals surface area contributed by atoms with Crippen molar-refractivity contribution in [3.05, 3.63) is 12.3 Å². The Morgan fingerprint density at radius 1 is 1.80 bits per heavy atom. The fraction of sp³-hybridized carbons (Fsp3) is 0. The average molecular weight is 141 g/mol. The Balaban J connectivity index is 2.37. The highest BCUT2D eigenvalue weighted by Gasteiger charge is 1.99. The molecule has 0 atom stereocenters. The second-order valence-corrected chi connectivity index (χ2v) is 1.54. The second kappa shape index (κ2) is 2.72. The minimum Gasteiger partial charge on any atom is -0.350 e. The predicted molar refractivity (Wildman–Crippen MR) is 35.3 cm³/mol. The van der Waals surface area contributed by atoms with E-state index >= 15 is 0 Å². The summed E-state index contributed by atoms with van der Waals surface area (Å²) in [6.07, 6.45) is 4.79. The van der Waals surface area contributed by atoms with Crippen molar-refractivity contribution in [1.82, 2.24) is 16.1 Å². The van der Waals surface area contributed by atoms with E-state index in [1.54, 1.807) is 12.3 Å². The number of hydrazine groups is 2. The highest BCUT2D eigenvalue weighted by Crippen LogP contribution is 1.81. The van der Waals surface area contributed by atoms with Gasteiger partial charge < -0.3 is 5.73 Å². The van der Waals surface area contributed by atoms with Gasteiger partial charge in [-0.05, 0) is 6.08 Å². The summed E-state index contributed by atoms with van der Waals surface area (Å²) in [6, 6.07) is -0.667. The van der Waals surface area contributed by atoms with Crippen molar-refractivity contribution in [3.8, 4) is 0 Å². The average Bonchev–Trinajstić information content (AvgIpc) is 1.88. The van der Waals surface area contributed by atoms with Crippen molar-refractivity contribution in [2.45, 2.75) is 0 Å². The molecule has 10 heavy (non-hydrogen) atoms. The maximum absolute atomic E-state index is 10.2. The molecule has 0 spiro atoms. The maximum atomic E-state index is 10.2. The third-order valence-corrected chi connectivity index (χ3v) is 0.777. The van der Waals surface area contributed by atoms with E-state index in [-0.39, 0.29) is 0 Å². The lowest BCUT2D eigenvalue weighted by Gasteiger charge is -2.18. The van der Waals surface area contributed by atoms with Crippen LogP contribution in [0.2, 0.25) is 0 Å². The molecule has 0 unspecified atom stereocenters. The normalized spacial score (nSPS) is 14.6. The lowest BCUT2D eigenvalue weighted by Crippen LogP contribution is -2.48. The molecule has 6 heteroatoms. The number of hydrazone groups is 1. The summed E-state index contributed by atoms with van der Waals surface area (Å²) in [7, 11) is 0. The molecule has 0 radical (unpaired) electrons. The van der Waals surface area contributed by atoms with E-state index in [1.807, 2.05) is 0 Å². The lowest BCUT2D eigenvalue weighted by atomic mass is 10.7.